The monoisotopic (exact) mass is 427 g/mol. The van der Waals surface area contributed by atoms with Gasteiger partial charge in [-0.15, -0.1) is 5.10 Å². The standard InChI is InChI=1S/C21H22ClN5O3/c1-30-18-10-7-15(22)13-17(18)24-20(28)23-11-12-26-21(29)27(16-8-9-16)19(25-26)14-5-3-2-4-6-14/h2-7,10,13,16H,8-9,11-12H2,1H3,(H2,23,24,28). The molecule has 0 saturated heterocycles. The summed E-state index contributed by atoms with van der Waals surface area (Å²) in [6.45, 7) is 0.503. The fourth-order valence-corrected chi connectivity index (χ4v) is 3.40. The van der Waals surface area contributed by atoms with Gasteiger partial charge in [0, 0.05) is 23.2 Å². The number of rotatable bonds is 7. The molecule has 2 aromatic carbocycles. The number of aromatic nitrogens is 3. The first-order valence-electron chi connectivity index (χ1n) is 9.70. The summed E-state index contributed by atoms with van der Waals surface area (Å²) >= 11 is 5.98. The molecule has 1 saturated carbocycles. The minimum atomic E-state index is -0.423. The van der Waals surface area contributed by atoms with Crippen LogP contribution in [0.5, 0.6) is 5.75 Å². The van der Waals surface area contributed by atoms with E-state index in [4.69, 9.17) is 16.3 Å². The Labute approximate surface area is 178 Å². The number of hydrogen-bond acceptors (Lipinski definition) is 4. The Morgan fingerprint density at radius 2 is 2.00 bits per heavy atom. The van der Waals surface area contributed by atoms with Crippen LogP contribution in [-0.2, 0) is 6.54 Å². The molecule has 0 unspecified atom stereocenters. The molecule has 0 bridgehead atoms. The van der Waals surface area contributed by atoms with Gasteiger partial charge in [-0.05, 0) is 31.0 Å². The number of carbonyl (C=O) groups is 1. The van der Waals surface area contributed by atoms with Crippen molar-refractivity contribution in [2.24, 2.45) is 0 Å². The topological polar surface area (TPSA) is 90.2 Å². The van der Waals surface area contributed by atoms with Gasteiger partial charge in [0.15, 0.2) is 5.82 Å². The lowest BCUT2D eigenvalue weighted by atomic mass is 10.2. The second kappa shape index (κ2) is 8.62. The van der Waals surface area contributed by atoms with Gasteiger partial charge in [-0.3, -0.25) is 4.57 Å². The third-order valence-electron chi connectivity index (χ3n) is 4.83. The fourth-order valence-electron chi connectivity index (χ4n) is 3.23. The largest absolute Gasteiger partial charge is 0.495 e. The highest BCUT2D eigenvalue weighted by molar-refractivity contribution is 6.31. The van der Waals surface area contributed by atoms with Crippen LogP contribution >= 0.6 is 11.6 Å². The van der Waals surface area contributed by atoms with Crippen LogP contribution < -0.4 is 21.1 Å². The Hall–Kier alpha value is -3.26. The Morgan fingerprint density at radius 3 is 2.70 bits per heavy atom. The van der Waals surface area contributed by atoms with Crippen LogP contribution in [0, 0.1) is 0 Å². The number of urea groups is 1. The molecule has 0 radical (unpaired) electrons. The van der Waals surface area contributed by atoms with Crippen molar-refractivity contribution in [2.75, 3.05) is 19.0 Å². The zero-order chi connectivity index (χ0) is 21.1. The maximum atomic E-state index is 12.8. The van der Waals surface area contributed by atoms with E-state index in [2.05, 4.69) is 15.7 Å². The number of carbonyl (C=O) groups excluding carboxylic acids is 1. The summed E-state index contributed by atoms with van der Waals surface area (Å²) in [5.41, 5.74) is 1.21. The van der Waals surface area contributed by atoms with E-state index in [9.17, 15) is 9.59 Å². The first kappa shape index (κ1) is 20.0. The molecule has 0 spiro atoms. The number of halogens is 1. The van der Waals surface area contributed by atoms with Crippen LogP contribution in [0.25, 0.3) is 11.4 Å². The summed E-state index contributed by atoms with van der Waals surface area (Å²) in [7, 11) is 1.51. The van der Waals surface area contributed by atoms with Gasteiger partial charge in [0.1, 0.15) is 5.75 Å². The van der Waals surface area contributed by atoms with Crippen LogP contribution in [0.1, 0.15) is 18.9 Å². The van der Waals surface area contributed by atoms with Gasteiger partial charge in [-0.25, -0.2) is 14.3 Å². The highest BCUT2D eigenvalue weighted by Crippen LogP contribution is 2.36. The Bertz CT molecular complexity index is 1110. The van der Waals surface area contributed by atoms with Crippen molar-refractivity contribution in [3.8, 4) is 17.1 Å². The molecule has 3 aromatic rings. The van der Waals surface area contributed by atoms with Crippen LogP contribution in [-0.4, -0.2) is 34.0 Å². The molecule has 9 heteroatoms. The van der Waals surface area contributed by atoms with Crippen molar-refractivity contribution in [1.82, 2.24) is 19.7 Å². The van der Waals surface area contributed by atoms with Gasteiger partial charge >= 0.3 is 11.7 Å². The van der Waals surface area contributed by atoms with Gasteiger partial charge in [0.05, 0.1) is 19.3 Å². The number of amides is 2. The number of benzene rings is 2. The summed E-state index contributed by atoms with van der Waals surface area (Å²) in [6, 6.07) is 14.4. The van der Waals surface area contributed by atoms with Crippen LogP contribution in [0.3, 0.4) is 0 Å². The van der Waals surface area contributed by atoms with Crippen molar-refractivity contribution >= 4 is 23.3 Å². The van der Waals surface area contributed by atoms with Crippen LogP contribution in [0.4, 0.5) is 10.5 Å². The van der Waals surface area contributed by atoms with E-state index in [-0.39, 0.29) is 24.8 Å². The van der Waals surface area contributed by atoms with E-state index in [1.807, 2.05) is 30.3 Å². The molecular formula is C21H22ClN5O3. The second-order valence-corrected chi connectivity index (χ2v) is 7.46. The number of ether oxygens (including phenoxy) is 1. The highest BCUT2D eigenvalue weighted by Gasteiger charge is 2.30. The van der Waals surface area contributed by atoms with Crippen LogP contribution in [0.15, 0.2) is 53.3 Å². The Morgan fingerprint density at radius 1 is 1.23 bits per heavy atom. The average molecular weight is 428 g/mol. The highest BCUT2D eigenvalue weighted by atomic mass is 35.5. The Kier molecular flexibility index (Phi) is 5.76. The first-order chi connectivity index (χ1) is 14.6. The molecule has 0 aliphatic heterocycles. The minimum absolute atomic E-state index is 0.157. The lowest BCUT2D eigenvalue weighted by molar-refractivity contribution is 0.251. The normalized spacial score (nSPS) is 13.1. The summed E-state index contributed by atoms with van der Waals surface area (Å²) < 4.78 is 8.38. The quantitative estimate of drug-likeness (QED) is 0.603. The molecule has 156 valence electrons. The van der Waals surface area contributed by atoms with Gasteiger partial charge in [0.25, 0.3) is 0 Å². The van der Waals surface area contributed by atoms with Crippen molar-refractivity contribution in [2.45, 2.75) is 25.4 Å². The number of nitrogens with one attached hydrogen (secondary N) is 2. The van der Waals surface area contributed by atoms with Gasteiger partial charge in [0.2, 0.25) is 0 Å². The molecule has 1 aliphatic carbocycles. The number of hydrogen-bond donors (Lipinski definition) is 2. The predicted molar refractivity (Wildman–Crippen MR) is 115 cm³/mol. The van der Waals surface area contributed by atoms with Gasteiger partial charge in [-0.2, -0.15) is 0 Å². The molecule has 1 fully saturated rings. The molecule has 30 heavy (non-hydrogen) atoms. The second-order valence-electron chi connectivity index (χ2n) is 7.02. The summed E-state index contributed by atoms with van der Waals surface area (Å²) in [6.07, 6.45) is 1.96. The SMILES string of the molecule is COc1ccc(Cl)cc1NC(=O)NCCn1nc(-c2ccccc2)n(C2CC2)c1=O. The molecule has 2 amide bonds. The van der Waals surface area contributed by atoms with E-state index in [0.717, 1.165) is 18.4 Å². The third-order valence-corrected chi connectivity index (χ3v) is 5.07. The third kappa shape index (κ3) is 4.33. The minimum Gasteiger partial charge on any atom is -0.495 e. The molecule has 1 aromatic heterocycles. The molecule has 2 N–H and O–H groups in total. The van der Waals surface area contributed by atoms with Gasteiger partial charge in [-0.1, -0.05) is 41.9 Å². The fraction of sp³-hybridized carbons (Fsp3) is 0.286. The van der Waals surface area contributed by atoms with E-state index in [1.165, 1.54) is 11.8 Å². The smallest absolute Gasteiger partial charge is 0.346 e. The van der Waals surface area contributed by atoms with E-state index >= 15 is 0 Å². The van der Waals surface area contributed by atoms with Crippen molar-refractivity contribution in [1.29, 1.82) is 0 Å². The van der Waals surface area contributed by atoms with Crippen molar-refractivity contribution in [3.05, 3.63) is 64.0 Å². The summed E-state index contributed by atoms with van der Waals surface area (Å²) in [5.74, 6) is 1.16. The maximum Gasteiger partial charge on any atom is 0.346 e. The zero-order valence-electron chi connectivity index (χ0n) is 16.5. The summed E-state index contributed by atoms with van der Waals surface area (Å²) in [4.78, 5) is 25.1. The van der Waals surface area contributed by atoms with Gasteiger partial charge < -0.3 is 15.4 Å². The lowest BCUT2D eigenvalue weighted by Crippen LogP contribution is -2.34. The van der Waals surface area contributed by atoms with E-state index in [0.29, 0.717) is 22.3 Å². The maximum absolute atomic E-state index is 12.8. The predicted octanol–water partition coefficient (Wildman–Crippen LogP) is 3.53. The first-order valence-corrected chi connectivity index (χ1v) is 10.1. The molecule has 0 atom stereocenters. The van der Waals surface area contributed by atoms with E-state index in [1.54, 1.807) is 22.8 Å². The average Bonchev–Trinajstić information content (AvgIpc) is 3.53. The molecule has 4 rings (SSSR count). The van der Waals surface area contributed by atoms with Crippen molar-refractivity contribution in [3.63, 3.8) is 0 Å². The molecule has 1 aliphatic rings. The van der Waals surface area contributed by atoms with Crippen LogP contribution in [0.2, 0.25) is 5.02 Å². The Balaban J connectivity index is 1.43. The van der Waals surface area contributed by atoms with Crippen molar-refractivity contribution < 1.29 is 9.53 Å². The zero-order valence-corrected chi connectivity index (χ0v) is 17.2. The lowest BCUT2D eigenvalue weighted by Gasteiger charge is -2.11. The molecular weight excluding hydrogens is 406 g/mol. The van der Waals surface area contributed by atoms with E-state index < -0.39 is 6.03 Å². The molecule has 1 heterocycles. The number of nitrogens with zero attached hydrogens (tertiary/aromatic N) is 3. The number of methoxy groups -OCH3 is 1. The number of anilines is 1. The molecule has 8 nitrogen and oxygen atoms in total. The summed E-state index contributed by atoms with van der Waals surface area (Å²) in [5, 5.41) is 10.4.